The van der Waals surface area contributed by atoms with Crippen LogP contribution in [0.1, 0.15) is 19.3 Å². The van der Waals surface area contributed by atoms with Crippen molar-refractivity contribution < 1.29 is 4.92 Å². The van der Waals surface area contributed by atoms with E-state index in [-0.39, 0.29) is 11.0 Å². The van der Waals surface area contributed by atoms with Gasteiger partial charge in [0, 0.05) is 19.1 Å². The van der Waals surface area contributed by atoms with E-state index in [4.69, 9.17) is 11.6 Å². The van der Waals surface area contributed by atoms with Crippen LogP contribution in [0.25, 0.3) is 0 Å². The molecular formula is C13H18ClN5O2. The summed E-state index contributed by atoms with van der Waals surface area (Å²) in [6, 6.07) is 0.575. The normalized spacial score (nSPS) is 26.5. The highest BCUT2D eigenvalue weighted by molar-refractivity contribution is 6.28. The Labute approximate surface area is 128 Å². The van der Waals surface area contributed by atoms with Crippen LogP contribution in [0.15, 0.2) is 6.20 Å². The van der Waals surface area contributed by atoms with Crippen molar-refractivity contribution >= 4 is 23.1 Å². The molecule has 0 amide bonds. The molecule has 2 saturated heterocycles. The van der Waals surface area contributed by atoms with Crippen LogP contribution in [0.5, 0.6) is 0 Å². The second-order valence-corrected chi connectivity index (χ2v) is 6.13. The summed E-state index contributed by atoms with van der Waals surface area (Å²) in [7, 11) is 2.16. The molecule has 7 nitrogen and oxygen atoms in total. The van der Waals surface area contributed by atoms with E-state index >= 15 is 0 Å². The molecule has 2 unspecified atom stereocenters. The monoisotopic (exact) mass is 311 g/mol. The molecule has 0 aromatic carbocycles. The van der Waals surface area contributed by atoms with Gasteiger partial charge in [-0.1, -0.05) is 0 Å². The first-order valence-electron chi connectivity index (χ1n) is 7.18. The van der Waals surface area contributed by atoms with Gasteiger partial charge in [-0.15, -0.1) is 0 Å². The number of nitro groups is 1. The van der Waals surface area contributed by atoms with E-state index < -0.39 is 4.92 Å². The van der Waals surface area contributed by atoms with E-state index in [1.54, 1.807) is 0 Å². The molecule has 3 rings (SSSR count). The average molecular weight is 312 g/mol. The van der Waals surface area contributed by atoms with E-state index in [0.717, 1.165) is 32.5 Å². The molecule has 8 heteroatoms. The van der Waals surface area contributed by atoms with Crippen molar-refractivity contribution in [3.63, 3.8) is 0 Å². The maximum Gasteiger partial charge on any atom is 0.329 e. The lowest BCUT2D eigenvalue weighted by Gasteiger charge is -2.46. The Bertz CT molecular complexity index is 555. The summed E-state index contributed by atoms with van der Waals surface area (Å²) < 4.78 is 0. The third kappa shape index (κ3) is 2.80. The number of nitrogens with zero attached hydrogens (tertiary/aromatic N) is 5. The summed E-state index contributed by atoms with van der Waals surface area (Å²) in [4.78, 5) is 22.9. The van der Waals surface area contributed by atoms with Gasteiger partial charge in [0.2, 0.25) is 11.1 Å². The second-order valence-electron chi connectivity index (χ2n) is 5.79. The van der Waals surface area contributed by atoms with Crippen molar-refractivity contribution in [2.75, 3.05) is 31.6 Å². The minimum absolute atomic E-state index is 0.0542. The summed E-state index contributed by atoms with van der Waals surface area (Å²) in [5, 5.41) is 11.2. The molecule has 1 aromatic heterocycles. The zero-order valence-corrected chi connectivity index (χ0v) is 12.7. The van der Waals surface area contributed by atoms with Crippen LogP contribution in [0.3, 0.4) is 0 Å². The predicted octanol–water partition coefficient (Wildman–Crippen LogP) is 1.96. The van der Waals surface area contributed by atoms with Gasteiger partial charge >= 0.3 is 5.69 Å². The highest BCUT2D eigenvalue weighted by Crippen LogP contribution is 2.34. The van der Waals surface area contributed by atoms with Gasteiger partial charge in [0.25, 0.3) is 0 Å². The van der Waals surface area contributed by atoms with Crippen LogP contribution < -0.4 is 4.90 Å². The standard InChI is InChI=1S/C13H18ClN5O2/c1-17-5-2-3-9-8-18(6-4-10(9)17)12-11(19(20)21)7-15-13(14)16-12/h7,9-10H,2-6,8H2,1H3. The minimum Gasteiger partial charge on any atom is -0.350 e. The molecule has 0 saturated carbocycles. The SMILES string of the molecule is CN1CCCC2CN(c3nc(Cl)ncc3[N+](=O)[O-])CCC21. The summed E-state index contributed by atoms with van der Waals surface area (Å²) in [5.41, 5.74) is -0.0676. The lowest BCUT2D eigenvalue weighted by molar-refractivity contribution is -0.384. The van der Waals surface area contributed by atoms with Crippen molar-refractivity contribution in [3.8, 4) is 0 Å². The number of hydrogen-bond donors (Lipinski definition) is 0. The summed E-state index contributed by atoms with van der Waals surface area (Å²) in [6.07, 6.45) is 4.54. The van der Waals surface area contributed by atoms with Gasteiger partial charge < -0.3 is 9.80 Å². The third-order valence-corrected chi connectivity index (χ3v) is 4.74. The fourth-order valence-corrected chi connectivity index (χ4v) is 3.68. The molecule has 0 N–H and O–H groups in total. The minimum atomic E-state index is -0.440. The topological polar surface area (TPSA) is 75.4 Å². The number of anilines is 1. The third-order valence-electron chi connectivity index (χ3n) is 4.56. The van der Waals surface area contributed by atoms with Crippen LogP contribution in [-0.2, 0) is 0 Å². The van der Waals surface area contributed by atoms with Crippen LogP contribution in [0.4, 0.5) is 11.5 Å². The van der Waals surface area contributed by atoms with Crippen LogP contribution in [-0.4, -0.2) is 52.5 Å². The van der Waals surface area contributed by atoms with E-state index in [1.165, 1.54) is 12.6 Å². The first-order valence-corrected chi connectivity index (χ1v) is 7.56. The molecule has 2 fully saturated rings. The lowest BCUT2D eigenvalue weighted by Crippen LogP contribution is -2.53. The van der Waals surface area contributed by atoms with Gasteiger partial charge in [0.05, 0.1) is 4.92 Å². The van der Waals surface area contributed by atoms with E-state index in [9.17, 15) is 10.1 Å². The van der Waals surface area contributed by atoms with Crippen molar-refractivity contribution in [2.24, 2.45) is 5.92 Å². The Hall–Kier alpha value is -1.47. The molecule has 0 spiro atoms. The number of piperidine rings is 2. The van der Waals surface area contributed by atoms with Crippen molar-refractivity contribution in [1.82, 2.24) is 14.9 Å². The molecule has 21 heavy (non-hydrogen) atoms. The molecule has 0 aliphatic carbocycles. The number of aromatic nitrogens is 2. The fraction of sp³-hybridized carbons (Fsp3) is 0.692. The molecule has 2 atom stereocenters. The summed E-state index contributed by atoms with van der Waals surface area (Å²) in [6.45, 7) is 2.70. The Balaban J connectivity index is 1.85. The van der Waals surface area contributed by atoms with Crippen molar-refractivity contribution in [2.45, 2.75) is 25.3 Å². The number of fused-ring (bicyclic) bond motifs is 1. The molecule has 2 aliphatic rings. The van der Waals surface area contributed by atoms with E-state index in [2.05, 4.69) is 21.9 Å². The zero-order chi connectivity index (χ0) is 15.0. The first-order chi connectivity index (χ1) is 10.1. The van der Waals surface area contributed by atoms with E-state index in [0.29, 0.717) is 17.8 Å². The molecule has 1 aromatic rings. The van der Waals surface area contributed by atoms with Gasteiger partial charge in [-0.05, 0) is 50.4 Å². The predicted molar refractivity (Wildman–Crippen MR) is 79.7 cm³/mol. The number of rotatable bonds is 2. The summed E-state index contributed by atoms with van der Waals surface area (Å²) in [5.74, 6) is 0.887. The van der Waals surface area contributed by atoms with Gasteiger partial charge in [-0.3, -0.25) is 10.1 Å². The highest BCUT2D eigenvalue weighted by atomic mass is 35.5. The number of hydrogen-bond acceptors (Lipinski definition) is 6. The Morgan fingerprint density at radius 2 is 2.24 bits per heavy atom. The van der Waals surface area contributed by atoms with Gasteiger partial charge in [0.1, 0.15) is 6.20 Å². The van der Waals surface area contributed by atoms with Crippen LogP contribution in [0.2, 0.25) is 5.28 Å². The van der Waals surface area contributed by atoms with Gasteiger partial charge in [-0.2, -0.15) is 4.98 Å². The quantitative estimate of drug-likeness (QED) is 0.472. The highest BCUT2D eigenvalue weighted by Gasteiger charge is 2.36. The largest absolute Gasteiger partial charge is 0.350 e. The Morgan fingerprint density at radius 1 is 1.43 bits per heavy atom. The number of likely N-dealkylation sites (tertiary alicyclic amines) is 1. The van der Waals surface area contributed by atoms with Gasteiger partial charge in [0.15, 0.2) is 0 Å². The fourth-order valence-electron chi connectivity index (χ4n) is 3.55. The molecule has 0 radical (unpaired) electrons. The smallest absolute Gasteiger partial charge is 0.329 e. The first kappa shape index (κ1) is 14.5. The Kier molecular flexibility index (Phi) is 3.95. The molecule has 3 heterocycles. The van der Waals surface area contributed by atoms with Crippen LogP contribution in [0, 0.1) is 16.0 Å². The van der Waals surface area contributed by atoms with Gasteiger partial charge in [-0.25, -0.2) is 4.98 Å². The van der Waals surface area contributed by atoms with E-state index in [1.807, 2.05) is 4.90 Å². The number of halogens is 1. The summed E-state index contributed by atoms with van der Waals surface area (Å²) >= 11 is 5.82. The molecule has 0 bridgehead atoms. The molecular weight excluding hydrogens is 294 g/mol. The van der Waals surface area contributed by atoms with Crippen molar-refractivity contribution in [1.29, 1.82) is 0 Å². The molecule has 2 aliphatic heterocycles. The maximum absolute atomic E-state index is 11.2. The molecule has 114 valence electrons. The Morgan fingerprint density at radius 3 is 3.00 bits per heavy atom. The second kappa shape index (κ2) is 5.73. The lowest BCUT2D eigenvalue weighted by atomic mass is 9.84. The van der Waals surface area contributed by atoms with Crippen LogP contribution >= 0.6 is 11.6 Å². The maximum atomic E-state index is 11.2. The van der Waals surface area contributed by atoms with Crippen molar-refractivity contribution in [3.05, 3.63) is 21.6 Å². The average Bonchev–Trinajstić information content (AvgIpc) is 2.46. The zero-order valence-electron chi connectivity index (χ0n) is 11.9.